The van der Waals surface area contributed by atoms with E-state index in [0.717, 1.165) is 37.8 Å². The van der Waals surface area contributed by atoms with Crippen molar-refractivity contribution in [3.63, 3.8) is 0 Å². The number of hydrogen-bond acceptors (Lipinski definition) is 4. The number of sulfonamides is 1. The first-order valence-corrected chi connectivity index (χ1v) is 8.35. The summed E-state index contributed by atoms with van der Waals surface area (Å²) < 4.78 is 41.3. The van der Waals surface area contributed by atoms with Crippen LogP contribution in [0.5, 0.6) is 0 Å². The van der Waals surface area contributed by atoms with Gasteiger partial charge in [-0.05, 0) is 43.4 Å². The predicted octanol–water partition coefficient (Wildman–Crippen LogP) is 2.21. The van der Waals surface area contributed by atoms with E-state index in [1.54, 1.807) is 0 Å². The van der Waals surface area contributed by atoms with Crippen molar-refractivity contribution < 1.29 is 22.3 Å². The molecule has 2 unspecified atom stereocenters. The van der Waals surface area contributed by atoms with Crippen molar-refractivity contribution in [1.29, 1.82) is 0 Å². The van der Waals surface area contributed by atoms with Gasteiger partial charge in [-0.1, -0.05) is 13.3 Å². The lowest BCUT2D eigenvalue weighted by atomic mass is 9.89. The van der Waals surface area contributed by atoms with Crippen LogP contribution in [-0.4, -0.2) is 20.5 Å². The van der Waals surface area contributed by atoms with E-state index in [-0.39, 0.29) is 11.7 Å². The molecule has 0 amide bonds. The molecule has 21 heavy (non-hydrogen) atoms. The van der Waals surface area contributed by atoms with Crippen molar-refractivity contribution in [3.8, 4) is 0 Å². The van der Waals surface area contributed by atoms with Gasteiger partial charge in [0.1, 0.15) is 16.8 Å². The Kier molecular flexibility index (Phi) is 4.63. The van der Waals surface area contributed by atoms with E-state index in [1.807, 2.05) is 0 Å². The van der Waals surface area contributed by atoms with E-state index in [0.29, 0.717) is 5.92 Å². The van der Waals surface area contributed by atoms with E-state index < -0.39 is 26.7 Å². The molecule has 0 saturated heterocycles. The Morgan fingerprint density at radius 2 is 2.10 bits per heavy atom. The summed E-state index contributed by atoms with van der Waals surface area (Å²) in [5.41, 5.74) is -0.0151. The van der Waals surface area contributed by atoms with Gasteiger partial charge in [0.25, 0.3) is 0 Å². The molecule has 1 fully saturated rings. The number of carbonyl (C=O) groups is 1. The molecule has 2 rings (SSSR count). The summed E-state index contributed by atoms with van der Waals surface area (Å²) in [7, 11) is -4.21. The molecule has 0 heterocycles. The van der Waals surface area contributed by atoms with Gasteiger partial charge in [0.05, 0.1) is 5.56 Å². The highest BCUT2D eigenvalue weighted by molar-refractivity contribution is 7.89. The first-order valence-electron chi connectivity index (χ1n) is 6.80. The van der Waals surface area contributed by atoms with Crippen molar-refractivity contribution >= 4 is 16.0 Å². The van der Waals surface area contributed by atoms with Gasteiger partial charge in [0, 0.05) is 0 Å². The first kappa shape index (κ1) is 15.9. The highest BCUT2D eigenvalue weighted by atomic mass is 32.2. The molecular formula is C14H18FNO4S. The summed E-state index contributed by atoms with van der Waals surface area (Å²) in [5.74, 6) is -1.15. The van der Waals surface area contributed by atoms with Crippen molar-refractivity contribution in [2.24, 2.45) is 11.1 Å². The molecule has 116 valence electrons. The van der Waals surface area contributed by atoms with Crippen LogP contribution < -0.4 is 5.14 Å². The number of ether oxygens (including phenoxy) is 1. The number of nitrogens with two attached hydrogens (primary N) is 1. The van der Waals surface area contributed by atoms with Crippen LogP contribution in [0.4, 0.5) is 4.39 Å². The van der Waals surface area contributed by atoms with Crippen LogP contribution in [0.3, 0.4) is 0 Å². The largest absolute Gasteiger partial charge is 0.459 e. The number of benzene rings is 1. The number of esters is 1. The molecule has 0 aliphatic heterocycles. The molecule has 5 nitrogen and oxygen atoms in total. The minimum atomic E-state index is -4.21. The molecule has 0 aromatic heterocycles. The van der Waals surface area contributed by atoms with Crippen LogP contribution in [0.1, 0.15) is 43.0 Å². The molecule has 1 saturated carbocycles. The number of carbonyl (C=O) groups excluding carboxylic acids is 1. The molecular weight excluding hydrogens is 297 g/mol. The molecule has 7 heteroatoms. The Balaban J connectivity index is 2.16. The summed E-state index contributed by atoms with van der Waals surface area (Å²) in [6, 6.07) is 3.01. The third kappa shape index (κ3) is 4.01. The smallest absolute Gasteiger partial charge is 0.338 e. The van der Waals surface area contributed by atoms with Crippen LogP contribution in [0.25, 0.3) is 0 Å². The summed E-state index contributed by atoms with van der Waals surface area (Å²) in [6.07, 6.45) is 3.50. The normalized spacial score (nSPS) is 22.8. The molecule has 2 atom stereocenters. The second-order valence-electron chi connectivity index (χ2n) is 5.49. The lowest BCUT2D eigenvalue weighted by molar-refractivity contribution is 0.0155. The van der Waals surface area contributed by atoms with Crippen LogP contribution in [0, 0.1) is 11.7 Å². The Morgan fingerprint density at radius 3 is 2.71 bits per heavy atom. The van der Waals surface area contributed by atoms with Crippen LogP contribution in [-0.2, 0) is 14.8 Å². The van der Waals surface area contributed by atoms with Crippen LogP contribution in [0.2, 0.25) is 0 Å². The molecule has 1 aromatic carbocycles. The van der Waals surface area contributed by atoms with Crippen molar-refractivity contribution in [2.45, 2.75) is 43.6 Å². The fourth-order valence-electron chi connectivity index (χ4n) is 2.55. The Labute approximate surface area is 123 Å². The number of halogens is 1. The van der Waals surface area contributed by atoms with Crippen LogP contribution in [0.15, 0.2) is 23.1 Å². The molecule has 1 aromatic rings. The number of hydrogen-bond donors (Lipinski definition) is 1. The van der Waals surface area contributed by atoms with Gasteiger partial charge in [-0.15, -0.1) is 0 Å². The van der Waals surface area contributed by atoms with Gasteiger partial charge in [-0.25, -0.2) is 22.7 Å². The highest BCUT2D eigenvalue weighted by Gasteiger charge is 2.24. The SMILES string of the molecule is CC1CCCC(OC(=O)c2ccc(F)c(S(N)(=O)=O)c2)C1. The zero-order chi connectivity index (χ0) is 15.6. The predicted molar refractivity (Wildman–Crippen MR) is 74.6 cm³/mol. The lowest BCUT2D eigenvalue weighted by Crippen LogP contribution is -2.25. The highest BCUT2D eigenvalue weighted by Crippen LogP contribution is 2.26. The Hall–Kier alpha value is -1.47. The molecule has 2 N–H and O–H groups in total. The zero-order valence-electron chi connectivity index (χ0n) is 11.7. The zero-order valence-corrected chi connectivity index (χ0v) is 12.5. The Bertz CT molecular complexity index is 644. The molecule has 0 radical (unpaired) electrons. The van der Waals surface area contributed by atoms with E-state index in [1.165, 1.54) is 6.07 Å². The molecule has 0 spiro atoms. The summed E-state index contributed by atoms with van der Waals surface area (Å²) in [4.78, 5) is 11.3. The van der Waals surface area contributed by atoms with Gasteiger partial charge >= 0.3 is 5.97 Å². The van der Waals surface area contributed by atoms with Gasteiger partial charge < -0.3 is 4.74 Å². The maximum atomic E-state index is 13.4. The van der Waals surface area contributed by atoms with Crippen LogP contribution >= 0.6 is 0 Å². The first-order chi connectivity index (χ1) is 9.77. The van der Waals surface area contributed by atoms with Gasteiger partial charge in [0.15, 0.2) is 0 Å². The van der Waals surface area contributed by atoms with E-state index in [2.05, 4.69) is 6.92 Å². The minimum Gasteiger partial charge on any atom is -0.459 e. The monoisotopic (exact) mass is 315 g/mol. The van der Waals surface area contributed by atoms with Gasteiger partial charge in [-0.2, -0.15) is 0 Å². The van der Waals surface area contributed by atoms with Crippen molar-refractivity contribution in [2.75, 3.05) is 0 Å². The summed E-state index contributed by atoms with van der Waals surface area (Å²) >= 11 is 0. The van der Waals surface area contributed by atoms with E-state index >= 15 is 0 Å². The number of rotatable bonds is 3. The quantitative estimate of drug-likeness (QED) is 0.866. The standard InChI is InChI=1S/C14H18FNO4S/c1-9-3-2-4-11(7-9)20-14(17)10-5-6-12(15)13(8-10)21(16,18)19/h5-6,8-9,11H,2-4,7H2,1H3,(H2,16,18,19). The summed E-state index contributed by atoms with van der Waals surface area (Å²) in [5, 5.41) is 4.91. The van der Waals surface area contributed by atoms with Crippen molar-refractivity contribution in [3.05, 3.63) is 29.6 Å². The maximum Gasteiger partial charge on any atom is 0.338 e. The third-order valence-electron chi connectivity index (χ3n) is 3.64. The second-order valence-corrected chi connectivity index (χ2v) is 7.02. The molecule has 1 aliphatic rings. The Morgan fingerprint density at radius 1 is 1.38 bits per heavy atom. The summed E-state index contributed by atoms with van der Waals surface area (Å²) in [6.45, 7) is 2.09. The minimum absolute atomic E-state index is 0.0151. The number of primary sulfonamides is 1. The maximum absolute atomic E-state index is 13.4. The van der Waals surface area contributed by atoms with E-state index in [4.69, 9.17) is 9.88 Å². The average molecular weight is 315 g/mol. The van der Waals surface area contributed by atoms with Gasteiger partial charge in [-0.3, -0.25) is 0 Å². The second kappa shape index (κ2) is 6.11. The average Bonchev–Trinajstić information content (AvgIpc) is 2.37. The fourth-order valence-corrected chi connectivity index (χ4v) is 3.18. The van der Waals surface area contributed by atoms with Crippen molar-refractivity contribution in [1.82, 2.24) is 0 Å². The fraction of sp³-hybridized carbons (Fsp3) is 0.500. The van der Waals surface area contributed by atoms with E-state index in [9.17, 15) is 17.6 Å². The van der Waals surface area contributed by atoms with Gasteiger partial charge in [0.2, 0.25) is 10.0 Å². The molecule has 0 bridgehead atoms. The topological polar surface area (TPSA) is 86.5 Å². The molecule has 1 aliphatic carbocycles. The lowest BCUT2D eigenvalue weighted by Gasteiger charge is -2.26. The third-order valence-corrected chi connectivity index (χ3v) is 4.56.